The summed E-state index contributed by atoms with van der Waals surface area (Å²) in [6, 6.07) is 5.32. The van der Waals surface area contributed by atoms with Gasteiger partial charge in [-0.15, -0.1) is 0 Å². The molecule has 0 bridgehead atoms. The van der Waals surface area contributed by atoms with Crippen molar-refractivity contribution in [2.75, 3.05) is 36.7 Å². The van der Waals surface area contributed by atoms with Gasteiger partial charge in [0.05, 0.1) is 10.7 Å². The van der Waals surface area contributed by atoms with Crippen molar-refractivity contribution < 1.29 is 9.59 Å². The van der Waals surface area contributed by atoms with Gasteiger partial charge in [0.15, 0.2) is 0 Å². The van der Waals surface area contributed by atoms with Crippen molar-refractivity contribution in [2.24, 2.45) is 0 Å². The van der Waals surface area contributed by atoms with E-state index >= 15 is 0 Å². The summed E-state index contributed by atoms with van der Waals surface area (Å²) in [6.07, 6.45) is 1.91. The second-order valence-corrected chi connectivity index (χ2v) is 6.39. The SMILES string of the molecule is CCCSNc1ccc(C(=O)N2CCN(C=O)CC2)cc1Cl. The summed E-state index contributed by atoms with van der Waals surface area (Å²) in [5.41, 5.74) is 1.40. The molecule has 0 radical (unpaired) electrons. The summed E-state index contributed by atoms with van der Waals surface area (Å²) in [5.74, 6) is 0.957. The maximum atomic E-state index is 12.5. The number of hydrogen-bond acceptors (Lipinski definition) is 4. The van der Waals surface area contributed by atoms with Crippen LogP contribution in [0.3, 0.4) is 0 Å². The molecule has 0 aliphatic carbocycles. The fraction of sp³-hybridized carbons (Fsp3) is 0.467. The summed E-state index contributed by atoms with van der Waals surface area (Å²) in [4.78, 5) is 26.6. The van der Waals surface area contributed by atoms with Gasteiger partial charge in [-0.3, -0.25) is 9.59 Å². The van der Waals surface area contributed by atoms with E-state index in [0.717, 1.165) is 24.3 Å². The van der Waals surface area contributed by atoms with Crippen LogP contribution < -0.4 is 4.72 Å². The first-order valence-corrected chi connectivity index (χ1v) is 8.68. The van der Waals surface area contributed by atoms with Gasteiger partial charge in [-0.05, 0) is 24.6 Å². The predicted octanol–water partition coefficient (Wildman–Crippen LogP) is 2.72. The normalized spacial score (nSPS) is 14.8. The summed E-state index contributed by atoms with van der Waals surface area (Å²) in [5, 5.41) is 0.543. The molecule has 1 N–H and O–H groups in total. The van der Waals surface area contributed by atoms with Crippen LogP contribution in [0.15, 0.2) is 18.2 Å². The van der Waals surface area contributed by atoms with E-state index in [-0.39, 0.29) is 5.91 Å². The van der Waals surface area contributed by atoms with E-state index < -0.39 is 0 Å². The van der Waals surface area contributed by atoms with E-state index in [9.17, 15) is 9.59 Å². The number of benzene rings is 1. The molecule has 2 amide bonds. The largest absolute Gasteiger partial charge is 0.342 e. The van der Waals surface area contributed by atoms with Crippen LogP contribution in [-0.2, 0) is 4.79 Å². The number of carbonyl (C=O) groups excluding carboxylic acids is 2. The van der Waals surface area contributed by atoms with Gasteiger partial charge in [-0.2, -0.15) is 0 Å². The highest BCUT2D eigenvalue weighted by Gasteiger charge is 2.21. The van der Waals surface area contributed by atoms with Crippen molar-refractivity contribution in [2.45, 2.75) is 13.3 Å². The monoisotopic (exact) mass is 341 g/mol. The molecule has 1 aliphatic heterocycles. The molecule has 2 rings (SSSR count). The lowest BCUT2D eigenvalue weighted by atomic mass is 10.1. The first-order valence-electron chi connectivity index (χ1n) is 7.31. The van der Waals surface area contributed by atoms with E-state index in [4.69, 9.17) is 11.6 Å². The van der Waals surface area contributed by atoms with Crippen LogP contribution in [0.5, 0.6) is 0 Å². The minimum Gasteiger partial charge on any atom is -0.342 e. The zero-order valence-electron chi connectivity index (χ0n) is 12.5. The molecule has 0 unspecified atom stereocenters. The molecule has 7 heteroatoms. The molecule has 0 atom stereocenters. The number of nitrogens with zero attached hydrogens (tertiary/aromatic N) is 2. The first kappa shape index (κ1) is 17.0. The molecular weight excluding hydrogens is 322 g/mol. The highest BCUT2D eigenvalue weighted by molar-refractivity contribution is 8.00. The van der Waals surface area contributed by atoms with Crippen LogP contribution in [-0.4, -0.2) is 54.0 Å². The van der Waals surface area contributed by atoms with Crippen molar-refractivity contribution in [1.29, 1.82) is 0 Å². The van der Waals surface area contributed by atoms with Crippen LogP contribution in [0, 0.1) is 0 Å². The number of rotatable bonds is 6. The molecule has 0 aromatic heterocycles. The number of piperazine rings is 1. The van der Waals surface area contributed by atoms with Crippen molar-refractivity contribution >= 4 is 41.6 Å². The molecule has 0 spiro atoms. The van der Waals surface area contributed by atoms with Gasteiger partial charge >= 0.3 is 0 Å². The molecule has 1 heterocycles. The zero-order chi connectivity index (χ0) is 15.9. The average molecular weight is 342 g/mol. The van der Waals surface area contributed by atoms with Gasteiger partial charge < -0.3 is 14.5 Å². The number of nitrogens with one attached hydrogen (secondary N) is 1. The lowest BCUT2D eigenvalue weighted by Gasteiger charge is -2.32. The Balaban J connectivity index is 1.98. The van der Waals surface area contributed by atoms with Crippen LogP contribution >= 0.6 is 23.5 Å². The van der Waals surface area contributed by atoms with E-state index in [1.165, 1.54) is 0 Å². The smallest absolute Gasteiger partial charge is 0.254 e. The molecule has 0 saturated carbocycles. The Morgan fingerprint density at radius 2 is 2.09 bits per heavy atom. The van der Waals surface area contributed by atoms with Crippen molar-refractivity contribution in [3.05, 3.63) is 28.8 Å². The average Bonchev–Trinajstić information content (AvgIpc) is 2.56. The fourth-order valence-electron chi connectivity index (χ4n) is 2.17. The van der Waals surface area contributed by atoms with Crippen molar-refractivity contribution in [3.63, 3.8) is 0 Å². The molecule has 120 valence electrons. The molecular formula is C15H20ClN3O2S. The van der Waals surface area contributed by atoms with Crippen LogP contribution in [0.4, 0.5) is 5.69 Å². The summed E-state index contributed by atoms with van der Waals surface area (Å²) < 4.78 is 3.19. The summed E-state index contributed by atoms with van der Waals surface area (Å²) >= 11 is 7.83. The molecule has 1 aromatic rings. The van der Waals surface area contributed by atoms with Crippen LogP contribution in [0.2, 0.25) is 5.02 Å². The van der Waals surface area contributed by atoms with E-state index in [1.54, 1.807) is 33.9 Å². The number of hydrogen-bond donors (Lipinski definition) is 1. The quantitative estimate of drug-likeness (QED) is 0.491. The van der Waals surface area contributed by atoms with Gasteiger partial charge in [-0.25, -0.2) is 0 Å². The Bertz CT molecular complexity index is 534. The zero-order valence-corrected chi connectivity index (χ0v) is 14.1. The molecule has 5 nitrogen and oxygen atoms in total. The Morgan fingerprint density at radius 3 is 2.68 bits per heavy atom. The molecule has 1 fully saturated rings. The molecule has 1 saturated heterocycles. The minimum atomic E-state index is -0.0415. The predicted molar refractivity (Wildman–Crippen MR) is 91.4 cm³/mol. The first-order chi connectivity index (χ1) is 10.7. The van der Waals surface area contributed by atoms with Crippen LogP contribution in [0.25, 0.3) is 0 Å². The van der Waals surface area contributed by atoms with Crippen LogP contribution in [0.1, 0.15) is 23.7 Å². The van der Waals surface area contributed by atoms with Gasteiger partial charge in [0.1, 0.15) is 0 Å². The van der Waals surface area contributed by atoms with Gasteiger partial charge in [0, 0.05) is 37.5 Å². The number of halogens is 1. The maximum absolute atomic E-state index is 12.5. The summed E-state index contributed by atoms with van der Waals surface area (Å²) in [6.45, 7) is 4.39. The standard InChI is InChI=1S/C15H20ClN3O2S/c1-2-9-22-17-14-4-3-12(10-13(14)16)15(21)19-7-5-18(11-20)6-8-19/h3-4,10-11,17H,2,5-9H2,1H3. The third-order valence-corrected chi connectivity index (χ3v) is 4.74. The number of carbonyl (C=O) groups is 2. The van der Waals surface area contributed by atoms with Crippen molar-refractivity contribution in [3.8, 4) is 0 Å². The Kier molecular flexibility index (Phi) is 6.39. The maximum Gasteiger partial charge on any atom is 0.254 e. The second kappa shape index (κ2) is 8.29. The lowest BCUT2D eigenvalue weighted by molar-refractivity contribution is -0.119. The van der Waals surface area contributed by atoms with Gasteiger partial charge in [0.2, 0.25) is 6.41 Å². The van der Waals surface area contributed by atoms with E-state index in [0.29, 0.717) is 36.8 Å². The van der Waals surface area contributed by atoms with Crippen molar-refractivity contribution in [1.82, 2.24) is 9.80 Å². The van der Waals surface area contributed by atoms with Gasteiger partial charge in [-0.1, -0.05) is 30.5 Å². The minimum absolute atomic E-state index is 0.0415. The topological polar surface area (TPSA) is 52.7 Å². The number of anilines is 1. The Hall–Kier alpha value is -1.40. The Morgan fingerprint density at radius 1 is 1.36 bits per heavy atom. The molecule has 22 heavy (non-hydrogen) atoms. The third kappa shape index (κ3) is 4.30. The third-order valence-electron chi connectivity index (χ3n) is 3.45. The highest BCUT2D eigenvalue weighted by atomic mass is 35.5. The summed E-state index contributed by atoms with van der Waals surface area (Å²) in [7, 11) is 0. The molecule has 1 aliphatic rings. The van der Waals surface area contributed by atoms with E-state index in [2.05, 4.69) is 11.6 Å². The number of amides is 2. The fourth-order valence-corrected chi connectivity index (χ4v) is 3.10. The second-order valence-electron chi connectivity index (χ2n) is 5.08. The lowest BCUT2D eigenvalue weighted by Crippen LogP contribution is -2.48. The van der Waals surface area contributed by atoms with Gasteiger partial charge in [0.25, 0.3) is 5.91 Å². The molecule has 1 aromatic carbocycles. The highest BCUT2D eigenvalue weighted by Crippen LogP contribution is 2.26. The van der Waals surface area contributed by atoms with E-state index in [1.807, 2.05) is 6.07 Å². The Labute approximate surface area is 140 Å².